The minimum absolute atomic E-state index is 0.184. The lowest BCUT2D eigenvalue weighted by atomic mass is 9.90. The Balaban J connectivity index is 1.31. The van der Waals surface area contributed by atoms with Gasteiger partial charge in [0.2, 0.25) is 0 Å². The highest BCUT2D eigenvalue weighted by atomic mass is 16.6. The highest BCUT2D eigenvalue weighted by Crippen LogP contribution is 2.38. The van der Waals surface area contributed by atoms with Crippen molar-refractivity contribution in [2.24, 2.45) is 0 Å². The number of ether oxygens (including phenoxy) is 6. The fourth-order valence-corrected chi connectivity index (χ4v) is 6.26. The predicted octanol–water partition coefficient (Wildman–Crippen LogP) is 9.38. The van der Waals surface area contributed by atoms with Gasteiger partial charge >= 0.3 is 0 Å². The maximum Gasteiger partial charge on any atom is 0.122 e. The topological polar surface area (TPSA) is 65.3 Å². The molecule has 0 amide bonds. The molecule has 3 heterocycles. The number of rotatable bonds is 18. The van der Waals surface area contributed by atoms with E-state index in [1.807, 2.05) is 0 Å². The molecule has 3 atom stereocenters. The van der Waals surface area contributed by atoms with Crippen LogP contribution in [0.5, 0.6) is 17.2 Å². The molecule has 7 rings (SSSR count). The SMILES string of the molecule is C=C(C)Cc1cc(-c2cc(-c3ccc(OCC4CO4)c(CC(=C)C)c3)cc(-c3ccc(OCC4CO4)c(CC(=C)C)c3)c2)ccc1OCC1CO1. The third kappa shape index (κ3) is 9.59. The summed E-state index contributed by atoms with van der Waals surface area (Å²) in [7, 11) is 0. The van der Waals surface area contributed by atoms with Crippen molar-refractivity contribution in [3.63, 3.8) is 0 Å². The first-order valence-electron chi connectivity index (χ1n) is 17.9. The highest BCUT2D eigenvalue weighted by Gasteiger charge is 2.25. The Morgan fingerprint density at radius 3 is 0.980 bits per heavy atom. The normalized spacial score (nSPS) is 18.5. The van der Waals surface area contributed by atoms with E-state index in [9.17, 15) is 0 Å². The number of allylic oxidation sites excluding steroid dienone is 3. The van der Waals surface area contributed by atoms with Crippen LogP contribution in [0.1, 0.15) is 37.5 Å². The Kier molecular flexibility index (Phi) is 10.5. The summed E-state index contributed by atoms with van der Waals surface area (Å²) in [5.74, 6) is 2.63. The van der Waals surface area contributed by atoms with Gasteiger partial charge in [-0.15, -0.1) is 0 Å². The number of hydrogen-bond acceptors (Lipinski definition) is 6. The molecule has 0 spiro atoms. The molecule has 0 aliphatic carbocycles. The van der Waals surface area contributed by atoms with Gasteiger partial charge in [-0.1, -0.05) is 54.7 Å². The Bertz CT molecular complexity index is 1710. The van der Waals surface area contributed by atoms with Crippen LogP contribution in [-0.4, -0.2) is 58.0 Å². The molecule has 51 heavy (non-hydrogen) atoms. The van der Waals surface area contributed by atoms with E-state index in [0.717, 1.165) is 123 Å². The summed E-state index contributed by atoms with van der Waals surface area (Å²) in [6.07, 6.45) is 2.75. The molecule has 6 heteroatoms. The van der Waals surface area contributed by atoms with Crippen molar-refractivity contribution in [1.82, 2.24) is 0 Å². The number of hydrogen-bond donors (Lipinski definition) is 0. The molecule has 3 aliphatic rings. The first-order chi connectivity index (χ1) is 24.7. The van der Waals surface area contributed by atoms with Crippen LogP contribution in [0.25, 0.3) is 33.4 Å². The van der Waals surface area contributed by atoms with Gasteiger partial charge in [-0.3, -0.25) is 0 Å². The molecule has 3 fully saturated rings. The third-order valence-electron chi connectivity index (χ3n) is 9.07. The molecular weight excluding hydrogens is 636 g/mol. The van der Waals surface area contributed by atoms with Crippen molar-refractivity contribution in [2.45, 2.75) is 58.3 Å². The van der Waals surface area contributed by atoms with Gasteiger partial charge in [0.25, 0.3) is 0 Å². The van der Waals surface area contributed by atoms with E-state index < -0.39 is 0 Å². The molecule has 0 N–H and O–H groups in total. The first kappa shape index (κ1) is 34.8. The van der Waals surface area contributed by atoms with Gasteiger partial charge in [0.1, 0.15) is 55.4 Å². The van der Waals surface area contributed by atoms with Crippen molar-refractivity contribution in [2.75, 3.05) is 39.6 Å². The van der Waals surface area contributed by atoms with Crippen LogP contribution >= 0.6 is 0 Å². The van der Waals surface area contributed by atoms with E-state index in [1.54, 1.807) is 0 Å². The quantitative estimate of drug-likeness (QED) is 0.0769. The Labute approximate surface area is 302 Å². The lowest BCUT2D eigenvalue weighted by Crippen LogP contribution is -2.06. The molecule has 6 nitrogen and oxygen atoms in total. The maximum absolute atomic E-state index is 6.21. The zero-order valence-corrected chi connectivity index (χ0v) is 30.1. The van der Waals surface area contributed by atoms with Crippen LogP contribution in [0.15, 0.2) is 109 Å². The molecule has 3 unspecified atom stereocenters. The summed E-state index contributed by atoms with van der Waals surface area (Å²) >= 11 is 0. The average molecular weight is 685 g/mol. The smallest absolute Gasteiger partial charge is 0.122 e. The van der Waals surface area contributed by atoms with Crippen molar-refractivity contribution >= 4 is 0 Å². The van der Waals surface area contributed by atoms with Gasteiger partial charge < -0.3 is 28.4 Å². The predicted molar refractivity (Wildman–Crippen MR) is 204 cm³/mol. The van der Waals surface area contributed by atoms with Gasteiger partial charge in [-0.05, 0) is 145 Å². The second kappa shape index (κ2) is 15.3. The number of benzene rings is 4. The van der Waals surface area contributed by atoms with Gasteiger partial charge in [-0.25, -0.2) is 0 Å². The first-order valence-corrected chi connectivity index (χ1v) is 17.9. The lowest BCUT2D eigenvalue weighted by Gasteiger charge is -2.17. The Hall–Kier alpha value is -4.62. The number of epoxide rings is 3. The largest absolute Gasteiger partial charge is 0.490 e. The van der Waals surface area contributed by atoms with E-state index in [-0.39, 0.29) is 18.3 Å². The highest BCUT2D eigenvalue weighted by molar-refractivity contribution is 5.82. The average Bonchev–Trinajstić information content (AvgIpc) is 3.93. The van der Waals surface area contributed by atoms with E-state index in [2.05, 4.69) is 113 Å². The Morgan fingerprint density at radius 1 is 0.471 bits per heavy atom. The fraction of sp³-hybridized carbons (Fsp3) is 0.333. The van der Waals surface area contributed by atoms with E-state index in [4.69, 9.17) is 28.4 Å². The van der Waals surface area contributed by atoms with Crippen LogP contribution in [0.2, 0.25) is 0 Å². The molecule has 0 bridgehead atoms. The standard InChI is InChI=1S/C45H48O6/c1-28(2)13-37-16-31(7-10-43(37)49-25-40-22-46-40)34-19-35(32-8-11-44(50-26-41-23-47-41)38(17-32)14-29(3)4)21-36(20-34)33-9-12-45(51-27-42-24-48-42)39(18-33)15-30(5)6/h7-12,16-21,40-42H,1,3,5,13-15,22-27H2,2,4,6H3. The third-order valence-corrected chi connectivity index (χ3v) is 9.07. The molecule has 0 saturated carbocycles. The van der Waals surface area contributed by atoms with Crippen LogP contribution < -0.4 is 14.2 Å². The van der Waals surface area contributed by atoms with Crippen LogP contribution in [0.3, 0.4) is 0 Å². The van der Waals surface area contributed by atoms with Crippen LogP contribution in [0.4, 0.5) is 0 Å². The van der Waals surface area contributed by atoms with Gasteiger partial charge in [-0.2, -0.15) is 0 Å². The second-order valence-electron chi connectivity index (χ2n) is 14.5. The summed E-state index contributed by atoms with van der Waals surface area (Å²) in [6, 6.07) is 26.3. The fourth-order valence-electron chi connectivity index (χ4n) is 6.26. The summed E-state index contributed by atoms with van der Waals surface area (Å²) in [5, 5.41) is 0. The molecule has 4 aromatic carbocycles. The van der Waals surface area contributed by atoms with E-state index in [1.165, 1.54) is 0 Å². The summed E-state index contributed by atoms with van der Waals surface area (Å²) < 4.78 is 34.8. The zero-order valence-electron chi connectivity index (χ0n) is 30.1. The second-order valence-corrected chi connectivity index (χ2v) is 14.5. The molecule has 0 radical (unpaired) electrons. The maximum atomic E-state index is 6.21. The van der Waals surface area contributed by atoms with Crippen molar-refractivity contribution in [3.8, 4) is 50.6 Å². The monoisotopic (exact) mass is 684 g/mol. The molecule has 3 aliphatic heterocycles. The molecule has 4 aromatic rings. The molecular formula is C45H48O6. The summed E-state index contributed by atoms with van der Waals surface area (Å²) in [5.41, 5.74) is 13.3. The van der Waals surface area contributed by atoms with E-state index >= 15 is 0 Å². The van der Waals surface area contributed by atoms with E-state index in [0.29, 0.717) is 19.8 Å². The van der Waals surface area contributed by atoms with Gasteiger partial charge in [0.15, 0.2) is 0 Å². The minimum Gasteiger partial charge on any atom is -0.490 e. The van der Waals surface area contributed by atoms with Gasteiger partial charge in [0, 0.05) is 0 Å². The van der Waals surface area contributed by atoms with Crippen molar-refractivity contribution in [1.29, 1.82) is 0 Å². The molecule has 3 saturated heterocycles. The van der Waals surface area contributed by atoms with Crippen molar-refractivity contribution < 1.29 is 28.4 Å². The van der Waals surface area contributed by atoms with Crippen LogP contribution in [-0.2, 0) is 33.5 Å². The molecule has 264 valence electrons. The van der Waals surface area contributed by atoms with Gasteiger partial charge in [0.05, 0.1) is 19.8 Å². The molecule has 0 aromatic heterocycles. The summed E-state index contributed by atoms with van der Waals surface area (Å²) in [4.78, 5) is 0. The van der Waals surface area contributed by atoms with Crippen LogP contribution in [0, 0.1) is 0 Å². The zero-order chi connectivity index (χ0) is 35.5. The van der Waals surface area contributed by atoms with Crippen molar-refractivity contribution in [3.05, 3.63) is 126 Å². The lowest BCUT2D eigenvalue weighted by molar-refractivity contribution is 0.261. The summed E-state index contributed by atoms with van der Waals surface area (Å²) in [6.45, 7) is 22.7. The Morgan fingerprint density at radius 2 is 0.745 bits per heavy atom. The minimum atomic E-state index is 0.184.